The van der Waals surface area contributed by atoms with Gasteiger partial charge in [0.15, 0.2) is 0 Å². The number of carbonyl (C=O) groups is 1. The summed E-state index contributed by atoms with van der Waals surface area (Å²) in [7, 11) is 0. The minimum atomic E-state index is -0.133. The summed E-state index contributed by atoms with van der Waals surface area (Å²) < 4.78 is 1.54. The lowest BCUT2D eigenvalue weighted by molar-refractivity contribution is 0.103. The van der Waals surface area contributed by atoms with Crippen LogP contribution in [0.1, 0.15) is 9.67 Å². The fourth-order valence-corrected chi connectivity index (χ4v) is 2.77. The lowest BCUT2D eigenvalue weighted by Gasteiger charge is -2.03. The van der Waals surface area contributed by atoms with Crippen molar-refractivity contribution in [2.24, 2.45) is 0 Å². The van der Waals surface area contributed by atoms with Crippen LogP contribution >= 0.6 is 43.2 Å². The maximum absolute atomic E-state index is 11.8. The number of nitrogens with one attached hydrogen (secondary N) is 1. The number of aromatic nitrogens is 1. The van der Waals surface area contributed by atoms with Crippen molar-refractivity contribution >= 4 is 54.8 Å². The maximum Gasteiger partial charge on any atom is 0.266 e. The Kier molecular flexibility index (Phi) is 3.73. The van der Waals surface area contributed by atoms with E-state index < -0.39 is 0 Å². The van der Waals surface area contributed by atoms with Crippen LogP contribution in [-0.2, 0) is 0 Å². The summed E-state index contributed by atoms with van der Waals surface area (Å²) in [4.78, 5) is 16.5. The van der Waals surface area contributed by atoms with Crippen LogP contribution in [0.2, 0.25) is 0 Å². The van der Waals surface area contributed by atoms with Crippen molar-refractivity contribution in [3.05, 3.63) is 43.7 Å². The molecule has 3 nitrogen and oxygen atoms in total. The molecule has 0 radical (unpaired) electrons. The number of carbonyl (C=O) groups excluding carboxylic acids is 1. The highest BCUT2D eigenvalue weighted by Gasteiger charge is 2.11. The van der Waals surface area contributed by atoms with Crippen LogP contribution in [0.3, 0.4) is 0 Å². The molecule has 0 fully saturated rings. The molecule has 0 aliphatic carbocycles. The average Bonchev–Trinajstić information content (AvgIpc) is 2.68. The highest BCUT2D eigenvalue weighted by molar-refractivity contribution is 9.10. The summed E-state index contributed by atoms with van der Waals surface area (Å²) in [5, 5.41) is 4.63. The van der Waals surface area contributed by atoms with Crippen LogP contribution in [0.25, 0.3) is 0 Å². The molecule has 0 aliphatic heterocycles. The number of halogens is 2. The van der Waals surface area contributed by atoms with Crippen LogP contribution in [0.5, 0.6) is 0 Å². The number of pyridine rings is 1. The van der Waals surface area contributed by atoms with Crippen molar-refractivity contribution in [3.8, 4) is 0 Å². The molecule has 0 unspecified atom stereocenters. The molecule has 0 atom stereocenters. The van der Waals surface area contributed by atoms with Gasteiger partial charge in [0.2, 0.25) is 0 Å². The van der Waals surface area contributed by atoms with Crippen molar-refractivity contribution in [1.82, 2.24) is 4.98 Å². The van der Waals surface area contributed by atoms with E-state index in [9.17, 15) is 4.79 Å². The minimum absolute atomic E-state index is 0.133. The number of anilines is 1. The lowest BCUT2D eigenvalue weighted by Crippen LogP contribution is -2.10. The number of nitrogens with zero attached hydrogens (tertiary/aromatic N) is 1. The number of amides is 1. The molecule has 16 heavy (non-hydrogen) atoms. The molecule has 6 heteroatoms. The zero-order chi connectivity index (χ0) is 11.5. The summed E-state index contributed by atoms with van der Waals surface area (Å²) in [5.41, 5.74) is 0.675. The van der Waals surface area contributed by atoms with Gasteiger partial charge in [-0.1, -0.05) is 0 Å². The van der Waals surface area contributed by atoms with E-state index in [1.54, 1.807) is 18.3 Å². The summed E-state index contributed by atoms with van der Waals surface area (Å²) in [6, 6.07) is 5.41. The van der Waals surface area contributed by atoms with Crippen molar-refractivity contribution in [1.29, 1.82) is 0 Å². The molecular weight excluding hydrogens is 356 g/mol. The Labute approximate surface area is 113 Å². The molecule has 0 bridgehead atoms. The number of rotatable bonds is 2. The Bertz CT molecular complexity index is 510. The fraction of sp³-hybridized carbons (Fsp3) is 0. The minimum Gasteiger partial charge on any atom is -0.320 e. The molecule has 2 heterocycles. The van der Waals surface area contributed by atoms with Crippen LogP contribution < -0.4 is 5.32 Å². The second-order valence-electron chi connectivity index (χ2n) is 2.92. The first-order valence-corrected chi connectivity index (χ1v) is 6.79. The highest BCUT2D eigenvalue weighted by Crippen LogP contribution is 2.23. The lowest BCUT2D eigenvalue weighted by atomic mass is 10.4. The number of thiophene rings is 1. The van der Waals surface area contributed by atoms with Gasteiger partial charge in [-0.05, 0) is 55.4 Å². The van der Waals surface area contributed by atoms with Gasteiger partial charge in [-0.15, -0.1) is 11.3 Å². The van der Waals surface area contributed by atoms with E-state index in [0.717, 1.165) is 9.08 Å². The molecule has 0 aliphatic rings. The first kappa shape index (κ1) is 11.8. The number of hydrogen-bond donors (Lipinski definition) is 1. The summed E-state index contributed by atoms with van der Waals surface area (Å²) in [6.07, 6.45) is 1.60. The Balaban J connectivity index is 2.14. The Hall–Kier alpha value is -0.720. The monoisotopic (exact) mass is 360 g/mol. The van der Waals surface area contributed by atoms with Crippen LogP contribution in [0, 0.1) is 0 Å². The third-order valence-electron chi connectivity index (χ3n) is 1.81. The summed E-state index contributed by atoms with van der Waals surface area (Å²) in [6.45, 7) is 0. The quantitative estimate of drug-likeness (QED) is 0.823. The Morgan fingerprint density at radius 3 is 2.69 bits per heavy atom. The van der Waals surface area contributed by atoms with Gasteiger partial charge in [-0.25, -0.2) is 4.98 Å². The van der Waals surface area contributed by atoms with Crippen molar-refractivity contribution in [2.75, 3.05) is 5.32 Å². The summed E-state index contributed by atoms with van der Waals surface area (Å²) >= 11 is 7.94. The van der Waals surface area contributed by atoms with E-state index in [0.29, 0.717) is 10.6 Å². The molecule has 2 aromatic heterocycles. The molecular formula is C10H6Br2N2OS. The molecule has 0 saturated carbocycles. The van der Waals surface area contributed by atoms with Gasteiger partial charge < -0.3 is 5.32 Å². The van der Waals surface area contributed by atoms with E-state index in [2.05, 4.69) is 42.2 Å². The van der Waals surface area contributed by atoms with Gasteiger partial charge in [0, 0.05) is 4.47 Å². The molecule has 0 aromatic carbocycles. The average molecular weight is 362 g/mol. The van der Waals surface area contributed by atoms with Crippen LogP contribution in [-0.4, -0.2) is 10.9 Å². The SMILES string of the molecule is O=C(Nc1ccc(Br)nc1)c1sccc1Br. The normalized spacial score (nSPS) is 10.1. The van der Waals surface area contributed by atoms with E-state index in [1.165, 1.54) is 11.3 Å². The van der Waals surface area contributed by atoms with Crippen LogP contribution in [0.15, 0.2) is 38.9 Å². The summed E-state index contributed by atoms with van der Waals surface area (Å²) in [5.74, 6) is -0.133. The molecule has 82 valence electrons. The topological polar surface area (TPSA) is 42.0 Å². The Morgan fingerprint density at radius 2 is 2.12 bits per heavy atom. The smallest absolute Gasteiger partial charge is 0.266 e. The third kappa shape index (κ3) is 2.69. The largest absolute Gasteiger partial charge is 0.320 e. The predicted octanol–water partition coefficient (Wildman–Crippen LogP) is 3.92. The third-order valence-corrected chi connectivity index (χ3v) is 4.11. The van der Waals surface area contributed by atoms with E-state index in [4.69, 9.17) is 0 Å². The maximum atomic E-state index is 11.8. The van der Waals surface area contributed by atoms with E-state index in [1.807, 2.05) is 11.4 Å². The zero-order valence-electron chi connectivity index (χ0n) is 7.91. The first-order chi connectivity index (χ1) is 7.66. The van der Waals surface area contributed by atoms with Crippen molar-refractivity contribution < 1.29 is 4.79 Å². The fourth-order valence-electron chi connectivity index (χ4n) is 1.09. The molecule has 0 spiro atoms. The second kappa shape index (κ2) is 5.07. The molecule has 2 rings (SSSR count). The van der Waals surface area contributed by atoms with Gasteiger partial charge in [-0.3, -0.25) is 4.79 Å². The van der Waals surface area contributed by atoms with Gasteiger partial charge in [0.1, 0.15) is 9.48 Å². The van der Waals surface area contributed by atoms with Gasteiger partial charge in [0.25, 0.3) is 5.91 Å². The molecule has 1 N–H and O–H groups in total. The van der Waals surface area contributed by atoms with Gasteiger partial charge in [0.05, 0.1) is 11.9 Å². The van der Waals surface area contributed by atoms with E-state index >= 15 is 0 Å². The molecule has 0 saturated heterocycles. The Morgan fingerprint density at radius 1 is 1.31 bits per heavy atom. The van der Waals surface area contributed by atoms with Gasteiger partial charge in [-0.2, -0.15) is 0 Å². The first-order valence-electron chi connectivity index (χ1n) is 4.33. The second-order valence-corrected chi connectivity index (χ2v) is 5.50. The molecule has 1 amide bonds. The van der Waals surface area contributed by atoms with Gasteiger partial charge >= 0.3 is 0 Å². The predicted molar refractivity (Wildman–Crippen MR) is 71.9 cm³/mol. The standard InChI is InChI=1S/C10H6Br2N2OS/c11-7-3-4-16-9(7)10(15)14-6-1-2-8(12)13-5-6/h1-5H,(H,14,15). The zero-order valence-corrected chi connectivity index (χ0v) is 11.9. The van der Waals surface area contributed by atoms with Crippen molar-refractivity contribution in [3.63, 3.8) is 0 Å². The van der Waals surface area contributed by atoms with E-state index in [-0.39, 0.29) is 5.91 Å². The van der Waals surface area contributed by atoms with Crippen molar-refractivity contribution in [2.45, 2.75) is 0 Å². The number of hydrogen-bond acceptors (Lipinski definition) is 3. The highest BCUT2D eigenvalue weighted by atomic mass is 79.9. The molecule has 2 aromatic rings. The van der Waals surface area contributed by atoms with Crippen LogP contribution in [0.4, 0.5) is 5.69 Å².